The van der Waals surface area contributed by atoms with Crippen molar-refractivity contribution in [2.75, 3.05) is 20.0 Å². The third kappa shape index (κ3) is 8.85. The Morgan fingerprint density at radius 1 is 0.886 bits per heavy atom. The Balaban J connectivity index is 1.49. The number of esters is 1. The molecule has 5 nitrogen and oxygen atoms in total. The third-order valence-electron chi connectivity index (χ3n) is 5.24. The van der Waals surface area contributed by atoms with E-state index in [1.807, 2.05) is 31.2 Å². The van der Waals surface area contributed by atoms with Crippen LogP contribution in [-0.2, 0) is 26.3 Å². The molecule has 0 unspecified atom stereocenters. The maximum atomic E-state index is 11.6. The summed E-state index contributed by atoms with van der Waals surface area (Å²) in [5.74, 6) is 0.992. The maximum Gasteiger partial charge on any atom is 0.358 e. The summed E-state index contributed by atoms with van der Waals surface area (Å²) in [4.78, 5) is 11.6. The molecule has 0 amide bonds. The molecule has 0 aliphatic carbocycles. The van der Waals surface area contributed by atoms with Crippen molar-refractivity contribution in [3.05, 3.63) is 90.6 Å². The van der Waals surface area contributed by atoms with Crippen molar-refractivity contribution < 1.29 is 44.9 Å². The number of carbonyl (C=O) groups excluding carboxylic acids is 1. The van der Waals surface area contributed by atoms with Gasteiger partial charge in [-0.05, 0) is 72.9 Å². The van der Waals surface area contributed by atoms with Gasteiger partial charge in [-0.1, -0.05) is 45.0 Å². The fraction of sp³-hybridized carbons (Fsp3) is 0.345. The maximum absolute atomic E-state index is 11.6. The summed E-state index contributed by atoms with van der Waals surface area (Å²) < 4.78 is 24.1. The molecule has 0 heterocycles. The van der Waals surface area contributed by atoms with E-state index in [9.17, 15) is 4.79 Å². The second kappa shape index (κ2) is 12.9. The highest BCUT2D eigenvalue weighted by Crippen LogP contribution is 2.21. The van der Waals surface area contributed by atoms with E-state index >= 15 is 0 Å². The summed E-state index contributed by atoms with van der Waals surface area (Å²) in [5.41, 5.74) is 3.82. The molecule has 0 atom stereocenters. The first-order valence-corrected chi connectivity index (χ1v) is 13.8. The van der Waals surface area contributed by atoms with Gasteiger partial charge in [0.05, 0.1) is 0 Å². The van der Waals surface area contributed by atoms with Crippen molar-refractivity contribution in [1.82, 2.24) is 0 Å². The summed E-state index contributed by atoms with van der Waals surface area (Å²) in [6.07, 6.45) is 0. The summed E-state index contributed by atoms with van der Waals surface area (Å²) in [7, 11) is 0. The predicted octanol–water partition coefficient (Wildman–Crippen LogP) is 2.92. The van der Waals surface area contributed by atoms with Crippen LogP contribution in [0.5, 0.6) is 11.5 Å². The van der Waals surface area contributed by atoms with Crippen molar-refractivity contribution in [2.24, 2.45) is 0 Å². The normalized spacial score (nSPS) is 11.2. The third-order valence-corrected chi connectivity index (χ3v) is 8.38. The van der Waals surface area contributed by atoms with Gasteiger partial charge in [0.25, 0.3) is 0 Å². The largest absolute Gasteiger partial charge is 0.489 e. The molecule has 6 heteroatoms. The molecular weight excluding hydrogens is 555 g/mol. The summed E-state index contributed by atoms with van der Waals surface area (Å²) >= 11 is -0.236. The standard InChI is InChI=1S/C29H34IO5/c1-6-32-20-35-28(31)19-34-25-13-7-22(8-14-25)18-33-26-15-16-27(21(2)17-26)30-24-11-9-23(10-12-24)29(3,4)5/h7-17H,6,18-20H2,1-5H3/q+1. The molecule has 186 valence electrons. The van der Waals surface area contributed by atoms with Crippen molar-refractivity contribution in [3.8, 4) is 11.5 Å². The van der Waals surface area contributed by atoms with Crippen LogP contribution in [-0.4, -0.2) is 26.0 Å². The molecule has 0 aromatic heterocycles. The second-order valence-corrected chi connectivity index (χ2v) is 12.1. The minimum Gasteiger partial charge on any atom is -0.489 e. The van der Waals surface area contributed by atoms with Crippen LogP contribution in [0.1, 0.15) is 44.4 Å². The molecule has 0 saturated carbocycles. The lowest BCUT2D eigenvalue weighted by Crippen LogP contribution is -3.61. The molecule has 0 bridgehead atoms. The van der Waals surface area contributed by atoms with Gasteiger partial charge in [-0.25, -0.2) is 4.79 Å². The Bertz CT molecular complexity index is 1090. The van der Waals surface area contributed by atoms with Crippen LogP contribution in [0.3, 0.4) is 0 Å². The van der Waals surface area contributed by atoms with Crippen LogP contribution in [0.25, 0.3) is 0 Å². The van der Waals surface area contributed by atoms with E-state index in [4.69, 9.17) is 18.9 Å². The number of benzene rings is 3. The first-order valence-electron chi connectivity index (χ1n) is 11.7. The first kappa shape index (κ1) is 27.0. The van der Waals surface area contributed by atoms with E-state index in [1.165, 1.54) is 18.3 Å². The number of ether oxygens (including phenoxy) is 4. The van der Waals surface area contributed by atoms with Gasteiger partial charge >= 0.3 is 27.2 Å². The Morgan fingerprint density at radius 3 is 2.20 bits per heavy atom. The number of hydrogen-bond acceptors (Lipinski definition) is 5. The van der Waals surface area contributed by atoms with E-state index in [1.54, 1.807) is 0 Å². The number of carbonyl (C=O) groups is 1. The van der Waals surface area contributed by atoms with Gasteiger partial charge in [0, 0.05) is 12.2 Å². The highest BCUT2D eigenvalue weighted by Gasteiger charge is 2.20. The lowest BCUT2D eigenvalue weighted by molar-refractivity contribution is -0.598. The molecule has 0 radical (unpaired) electrons. The van der Waals surface area contributed by atoms with Crippen molar-refractivity contribution in [3.63, 3.8) is 0 Å². The molecule has 0 aliphatic rings. The summed E-state index contributed by atoms with van der Waals surface area (Å²) in [6.45, 7) is 11.5. The van der Waals surface area contributed by atoms with Crippen LogP contribution in [0.15, 0.2) is 66.7 Å². The van der Waals surface area contributed by atoms with Crippen molar-refractivity contribution in [2.45, 2.75) is 46.6 Å². The Kier molecular flexibility index (Phi) is 9.98. The minimum absolute atomic E-state index is 0.0539. The lowest BCUT2D eigenvalue weighted by atomic mass is 9.87. The number of hydrogen-bond donors (Lipinski definition) is 0. The van der Waals surface area contributed by atoms with Gasteiger partial charge in [0.1, 0.15) is 18.1 Å². The van der Waals surface area contributed by atoms with E-state index in [-0.39, 0.29) is 40.0 Å². The van der Waals surface area contributed by atoms with Gasteiger partial charge in [-0.3, -0.25) is 0 Å². The average molecular weight is 589 g/mol. The summed E-state index contributed by atoms with van der Waals surface area (Å²) in [6, 6.07) is 22.9. The number of rotatable bonds is 11. The molecule has 3 aromatic rings. The SMILES string of the molecule is CCOCOC(=O)COc1ccc(COc2ccc([I+]c3ccc(C(C)(C)C)cc3)c(C)c2)cc1. The van der Waals surface area contributed by atoms with Gasteiger partial charge in [0.2, 0.25) is 0 Å². The highest BCUT2D eigenvalue weighted by atomic mass is 127. The van der Waals surface area contributed by atoms with Crippen LogP contribution >= 0.6 is 0 Å². The minimum atomic E-state index is -0.464. The van der Waals surface area contributed by atoms with Gasteiger partial charge in [0.15, 0.2) is 20.5 Å². The van der Waals surface area contributed by atoms with Gasteiger partial charge < -0.3 is 18.9 Å². The fourth-order valence-electron chi connectivity index (χ4n) is 3.17. The molecule has 3 rings (SSSR count). The van der Waals surface area contributed by atoms with Crippen LogP contribution < -0.4 is 30.7 Å². The monoisotopic (exact) mass is 589 g/mol. The van der Waals surface area contributed by atoms with Gasteiger partial charge in [-0.2, -0.15) is 0 Å². The molecule has 0 saturated heterocycles. The predicted molar refractivity (Wildman–Crippen MR) is 133 cm³/mol. The smallest absolute Gasteiger partial charge is 0.358 e. The Labute approximate surface area is 219 Å². The highest BCUT2D eigenvalue weighted by molar-refractivity contribution is 5.71. The van der Waals surface area contributed by atoms with E-state index in [0.29, 0.717) is 19.0 Å². The van der Waals surface area contributed by atoms with Crippen molar-refractivity contribution in [1.29, 1.82) is 0 Å². The lowest BCUT2D eigenvalue weighted by Gasteiger charge is -2.18. The van der Waals surface area contributed by atoms with E-state index in [0.717, 1.165) is 11.3 Å². The Morgan fingerprint density at radius 2 is 1.57 bits per heavy atom. The fourth-order valence-corrected chi connectivity index (χ4v) is 5.50. The zero-order valence-electron chi connectivity index (χ0n) is 21.1. The van der Waals surface area contributed by atoms with Crippen LogP contribution in [0.4, 0.5) is 0 Å². The first-order chi connectivity index (χ1) is 16.7. The molecular formula is C29H34IO5+. The Hall–Kier alpha value is -2.58. The molecule has 0 aliphatic heterocycles. The molecule has 0 fully saturated rings. The van der Waals surface area contributed by atoms with Crippen LogP contribution in [0, 0.1) is 14.1 Å². The molecule has 35 heavy (non-hydrogen) atoms. The molecule has 3 aromatic carbocycles. The second-order valence-electron chi connectivity index (χ2n) is 9.11. The van der Waals surface area contributed by atoms with Crippen molar-refractivity contribution >= 4 is 5.97 Å². The van der Waals surface area contributed by atoms with E-state index < -0.39 is 5.97 Å². The molecule has 0 N–H and O–H groups in total. The topological polar surface area (TPSA) is 54.0 Å². The van der Waals surface area contributed by atoms with Crippen LogP contribution in [0.2, 0.25) is 0 Å². The summed E-state index contributed by atoms with van der Waals surface area (Å²) in [5, 5.41) is 0. The average Bonchev–Trinajstić information content (AvgIpc) is 2.83. The number of halogens is 1. The zero-order chi connectivity index (χ0) is 25.3. The van der Waals surface area contributed by atoms with Gasteiger partial charge in [-0.15, -0.1) is 0 Å². The number of aryl methyl sites for hydroxylation is 1. The van der Waals surface area contributed by atoms with E-state index in [2.05, 4.69) is 70.2 Å². The quantitative estimate of drug-likeness (QED) is 0.149. The zero-order valence-corrected chi connectivity index (χ0v) is 23.3. The molecule has 0 spiro atoms.